The summed E-state index contributed by atoms with van der Waals surface area (Å²) in [7, 11) is 2.82. The van der Waals surface area contributed by atoms with E-state index in [4.69, 9.17) is 9.47 Å². The van der Waals surface area contributed by atoms with Gasteiger partial charge in [0.05, 0.1) is 26.7 Å². The summed E-state index contributed by atoms with van der Waals surface area (Å²) in [4.78, 5) is 25.4. The average molecular weight is 293 g/mol. The highest BCUT2D eigenvalue weighted by Crippen LogP contribution is 2.33. The van der Waals surface area contributed by atoms with Crippen LogP contribution in [0.5, 0.6) is 5.75 Å². The number of rotatable bonds is 4. The number of benzene rings is 1. The van der Waals surface area contributed by atoms with Gasteiger partial charge in [-0.05, 0) is 24.6 Å². The van der Waals surface area contributed by atoms with E-state index in [-0.39, 0.29) is 18.9 Å². The van der Waals surface area contributed by atoms with E-state index in [1.807, 2.05) is 12.1 Å². The Balaban J connectivity index is 2.26. The van der Waals surface area contributed by atoms with Gasteiger partial charge in [0.15, 0.2) is 5.54 Å². The summed E-state index contributed by atoms with van der Waals surface area (Å²) < 4.78 is 9.83. The second kappa shape index (κ2) is 5.73. The number of carbonyl (C=O) groups excluding carboxylic acids is 2. The molecule has 0 unspecified atom stereocenters. The predicted octanol–water partition coefficient (Wildman–Crippen LogP) is 0.720. The fourth-order valence-corrected chi connectivity index (χ4v) is 2.53. The van der Waals surface area contributed by atoms with Gasteiger partial charge in [-0.2, -0.15) is 0 Å². The third-order valence-corrected chi connectivity index (χ3v) is 3.98. The zero-order valence-corrected chi connectivity index (χ0v) is 12.3. The molecule has 1 aliphatic rings. The molecule has 114 valence electrons. The van der Waals surface area contributed by atoms with Crippen LogP contribution in [-0.4, -0.2) is 47.7 Å². The molecule has 21 heavy (non-hydrogen) atoms. The van der Waals surface area contributed by atoms with Crippen molar-refractivity contribution in [2.24, 2.45) is 0 Å². The molecule has 1 aromatic rings. The van der Waals surface area contributed by atoms with Crippen molar-refractivity contribution < 1.29 is 24.2 Å². The van der Waals surface area contributed by atoms with E-state index in [1.165, 1.54) is 18.9 Å². The third kappa shape index (κ3) is 2.58. The highest BCUT2D eigenvalue weighted by atomic mass is 16.5. The quantitative estimate of drug-likeness (QED) is 0.828. The van der Waals surface area contributed by atoms with Crippen LogP contribution in [0.3, 0.4) is 0 Å². The zero-order chi connectivity index (χ0) is 15.6. The van der Waals surface area contributed by atoms with Crippen molar-refractivity contribution in [2.45, 2.75) is 31.5 Å². The molecule has 0 bridgehead atoms. The lowest BCUT2D eigenvalue weighted by Crippen LogP contribution is -2.55. The maximum atomic E-state index is 12.1. The molecule has 0 aliphatic carbocycles. The lowest BCUT2D eigenvalue weighted by Gasteiger charge is -2.34. The van der Waals surface area contributed by atoms with Crippen LogP contribution in [0.25, 0.3) is 0 Å². The molecular formula is C15H19NO5. The fraction of sp³-hybridized carbons (Fsp3) is 0.467. The Morgan fingerprint density at radius 1 is 1.38 bits per heavy atom. The van der Waals surface area contributed by atoms with Crippen molar-refractivity contribution >= 4 is 11.9 Å². The second-order valence-corrected chi connectivity index (χ2v) is 5.19. The number of amides is 1. The number of hydrogen-bond acceptors (Lipinski definition) is 5. The molecule has 0 radical (unpaired) electrons. The minimum Gasteiger partial charge on any atom is -0.497 e. The summed E-state index contributed by atoms with van der Waals surface area (Å²) in [5.41, 5.74) is -0.514. The van der Waals surface area contributed by atoms with E-state index in [0.717, 1.165) is 5.56 Å². The molecule has 1 saturated heterocycles. The van der Waals surface area contributed by atoms with Gasteiger partial charge in [0.2, 0.25) is 5.91 Å². The van der Waals surface area contributed by atoms with E-state index in [0.29, 0.717) is 5.75 Å². The predicted molar refractivity (Wildman–Crippen MR) is 74.6 cm³/mol. The summed E-state index contributed by atoms with van der Waals surface area (Å²) in [6, 6.07) is 7.19. The number of likely N-dealkylation sites (tertiary alicyclic amines) is 1. The standard InChI is InChI=1S/C15H19NO5/c1-15(14(19)21-3)12(17)8-13(18)16(15)9-10-4-6-11(20-2)7-5-10/h4-7,12,17H,8-9H2,1-3H3/t12-,15+/m0/s1. The Bertz CT molecular complexity index is 541. The van der Waals surface area contributed by atoms with Gasteiger partial charge < -0.3 is 19.5 Å². The number of aliphatic hydroxyl groups is 1. The molecule has 1 heterocycles. The molecule has 1 aromatic carbocycles. The fourth-order valence-electron chi connectivity index (χ4n) is 2.53. The summed E-state index contributed by atoms with van der Waals surface area (Å²) >= 11 is 0. The van der Waals surface area contributed by atoms with Crippen LogP contribution in [0.1, 0.15) is 18.9 Å². The molecule has 0 spiro atoms. The molecule has 1 N–H and O–H groups in total. The lowest BCUT2D eigenvalue weighted by atomic mass is 9.95. The zero-order valence-electron chi connectivity index (χ0n) is 12.3. The molecule has 1 aliphatic heterocycles. The maximum absolute atomic E-state index is 12.1. The molecule has 2 rings (SSSR count). The minimum atomic E-state index is -1.36. The number of aliphatic hydroxyl groups excluding tert-OH is 1. The smallest absolute Gasteiger partial charge is 0.334 e. The first-order valence-corrected chi connectivity index (χ1v) is 6.63. The van der Waals surface area contributed by atoms with Crippen molar-refractivity contribution in [3.05, 3.63) is 29.8 Å². The van der Waals surface area contributed by atoms with E-state index in [1.54, 1.807) is 19.2 Å². The molecular weight excluding hydrogens is 274 g/mol. The van der Waals surface area contributed by atoms with Gasteiger partial charge in [-0.15, -0.1) is 0 Å². The maximum Gasteiger partial charge on any atom is 0.334 e. The van der Waals surface area contributed by atoms with Crippen LogP contribution in [0.4, 0.5) is 0 Å². The molecule has 0 aromatic heterocycles. The topological polar surface area (TPSA) is 76.1 Å². The van der Waals surface area contributed by atoms with E-state index >= 15 is 0 Å². The Labute approximate surface area is 123 Å². The number of methoxy groups -OCH3 is 2. The largest absolute Gasteiger partial charge is 0.497 e. The van der Waals surface area contributed by atoms with Gasteiger partial charge in [0, 0.05) is 6.54 Å². The summed E-state index contributed by atoms with van der Waals surface area (Å²) in [5.74, 6) is -0.178. The Morgan fingerprint density at radius 3 is 2.52 bits per heavy atom. The summed E-state index contributed by atoms with van der Waals surface area (Å²) in [5, 5.41) is 10.1. The number of hydrogen-bond donors (Lipinski definition) is 1. The molecule has 0 saturated carbocycles. The third-order valence-electron chi connectivity index (χ3n) is 3.98. The van der Waals surface area contributed by atoms with Gasteiger partial charge in [0.25, 0.3) is 0 Å². The monoisotopic (exact) mass is 293 g/mol. The van der Waals surface area contributed by atoms with Crippen LogP contribution < -0.4 is 4.74 Å². The number of carbonyl (C=O) groups is 2. The summed E-state index contributed by atoms with van der Waals surface area (Å²) in [6.07, 6.45) is -1.16. The summed E-state index contributed by atoms with van der Waals surface area (Å²) in [6.45, 7) is 1.75. The minimum absolute atomic E-state index is 0.0816. The number of nitrogens with zero attached hydrogens (tertiary/aromatic N) is 1. The lowest BCUT2D eigenvalue weighted by molar-refractivity contribution is -0.161. The Kier molecular flexibility index (Phi) is 4.18. The van der Waals surface area contributed by atoms with Crippen LogP contribution >= 0.6 is 0 Å². The van der Waals surface area contributed by atoms with E-state index in [9.17, 15) is 14.7 Å². The van der Waals surface area contributed by atoms with Crippen molar-refractivity contribution in [3.63, 3.8) is 0 Å². The first-order chi connectivity index (χ1) is 9.93. The van der Waals surface area contributed by atoms with Crippen molar-refractivity contribution in [1.29, 1.82) is 0 Å². The van der Waals surface area contributed by atoms with Gasteiger partial charge >= 0.3 is 5.97 Å². The molecule has 6 heteroatoms. The molecule has 6 nitrogen and oxygen atoms in total. The van der Waals surface area contributed by atoms with Gasteiger partial charge in [0.1, 0.15) is 5.75 Å². The number of esters is 1. The van der Waals surface area contributed by atoms with Gasteiger partial charge in [-0.3, -0.25) is 4.79 Å². The average Bonchev–Trinajstić information content (AvgIpc) is 2.71. The normalized spacial score (nSPS) is 25.0. The van der Waals surface area contributed by atoms with Crippen molar-refractivity contribution in [1.82, 2.24) is 4.90 Å². The molecule has 1 fully saturated rings. The Morgan fingerprint density at radius 2 is 2.00 bits per heavy atom. The first kappa shape index (κ1) is 15.3. The highest BCUT2D eigenvalue weighted by Gasteiger charge is 2.55. The SMILES string of the molecule is COC(=O)[C@@]1(C)[C@@H](O)CC(=O)N1Cc1ccc(OC)cc1. The van der Waals surface area contributed by atoms with Crippen LogP contribution in [0, 0.1) is 0 Å². The van der Waals surface area contributed by atoms with E-state index in [2.05, 4.69) is 0 Å². The van der Waals surface area contributed by atoms with Crippen LogP contribution in [0.2, 0.25) is 0 Å². The van der Waals surface area contributed by atoms with Crippen molar-refractivity contribution in [3.8, 4) is 5.75 Å². The highest BCUT2D eigenvalue weighted by molar-refractivity contribution is 5.92. The Hall–Kier alpha value is -2.08. The van der Waals surface area contributed by atoms with Crippen molar-refractivity contribution in [2.75, 3.05) is 14.2 Å². The van der Waals surface area contributed by atoms with Crippen LogP contribution in [-0.2, 0) is 20.9 Å². The van der Waals surface area contributed by atoms with Gasteiger partial charge in [-0.1, -0.05) is 12.1 Å². The number of ether oxygens (including phenoxy) is 2. The van der Waals surface area contributed by atoms with Crippen LogP contribution in [0.15, 0.2) is 24.3 Å². The van der Waals surface area contributed by atoms with Gasteiger partial charge in [-0.25, -0.2) is 4.79 Å². The molecule has 2 atom stereocenters. The first-order valence-electron chi connectivity index (χ1n) is 6.63. The second-order valence-electron chi connectivity index (χ2n) is 5.19. The molecule has 1 amide bonds. The van der Waals surface area contributed by atoms with E-state index < -0.39 is 17.6 Å².